The van der Waals surface area contributed by atoms with E-state index in [9.17, 15) is 9.59 Å². The van der Waals surface area contributed by atoms with Crippen molar-refractivity contribution in [3.8, 4) is 0 Å². The first-order chi connectivity index (χ1) is 8.58. The lowest BCUT2D eigenvalue weighted by molar-refractivity contribution is 0.170. The first-order valence-corrected chi connectivity index (χ1v) is 6.58. The Morgan fingerprint density at radius 1 is 1.39 bits per heavy atom. The van der Waals surface area contributed by atoms with E-state index >= 15 is 0 Å². The fourth-order valence-electron chi connectivity index (χ4n) is 2.58. The SMILES string of the molecule is Cc1cn(CCC2CCCCN2C)c(=O)[nH]c1=O. The largest absolute Gasteiger partial charge is 0.328 e. The van der Waals surface area contributed by atoms with Crippen LogP contribution in [0.25, 0.3) is 0 Å². The van der Waals surface area contributed by atoms with Crippen LogP contribution in [0, 0.1) is 6.92 Å². The zero-order valence-electron chi connectivity index (χ0n) is 11.1. The predicted molar refractivity (Wildman–Crippen MR) is 70.9 cm³/mol. The molecule has 1 N–H and O–H groups in total. The summed E-state index contributed by atoms with van der Waals surface area (Å²) in [5.74, 6) is 0. The summed E-state index contributed by atoms with van der Waals surface area (Å²) in [6, 6.07) is 0.554. The number of rotatable bonds is 3. The van der Waals surface area contributed by atoms with E-state index < -0.39 is 0 Å². The van der Waals surface area contributed by atoms with Crippen molar-refractivity contribution in [2.24, 2.45) is 0 Å². The van der Waals surface area contributed by atoms with Gasteiger partial charge in [-0.2, -0.15) is 0 Å². The lowest BCUT2D eigenvalue weighted by atomic mass is 10.0. The van der Waals surface area contributed by atoms with E-state index in [2.05, 4.69) is 16.9 Å². The molecular formula is C13H21N3O2. The van der Waals surface area contributed by atoms with E-state index in [1.165, 1.54) is 19.3 Å². The number of nitrogens with zero attached hydrogens (tertiary/aromatic N) is 2. The Balaban J connectivity index is 2.04. The minimum Gasteiger partial charge on any atom is -0.303 e. The number of aromatic nitrogens is 2. The highest BCUT2D eigenvalue weighted by molar-refractivity contribution is 5.00. The minimum atomic E-state index is -0.302. The fourth-order valence-corrected chi connectivity index (χ4v) is 2.58. The average Bonchev–Trinajstić information content (AvgIpc) is 2.34. The maximum Gasteiger partial charge on any atom is 0.328 e. The zero-order valence-corrected chi connectivity index (χ0v) is 11.1. The standard InChI is InChI=1S/C13H21N3O2/c1-10-9-16(13(18)14-12(10)17)8-6-11-5-3-4-7-15(11)2/h9,11H,3-8H2,1-2H3,(H,14,17,18). The lowest BCUT2D eigenvalue weighted by Gasteiger charge is -2.32. The third-order valence-corrected chi connectivity index (χ3v) is 3.81. The molecule has 0 radical (unpaired) electrons. The zero-order chi connectivity index (χ0) is 13.1. The van der Waals surface area contributed by atoms with Crippen molar-refractivity contribution in [1.29, 1.82) is 0 Å². The molecule has 1 fully saturated rings. The normalized spacial score (nSPS) is 21.1. The molecule has 1 aromatic heterocycles. The van der Waals surface area contributed by atoms with Gasteiger partial charge >= 0.3 is 5.69 Å². The van der Waals surface area contributed by atoms with Crippen molar-refractivity contribution >= 4 is 0 Å². The van der Waals surface area contributed by atoms with Crippen molar-refractivity contribution in [3.63, 3.8) is 0 Å². The molecular weight excluding hydrogens is 230 g/mol. The van der Waals surface area contributed by atoms with E-state index in [0.717, 1.165) is 13.0 Å². The summed E-state index contributed by atoms with van der Waals surface area (Å²) in [7, 11) is 2.14. The Kier molecular flexibility index (Phi) is 4.01. The van der Waals surface area contributed by atoms with Gasteiger partial charge in [-0.1, -0.05) is 6.42 Å². The maximum absolute atomic E-state index is 11.6. The van der Waals surface area contributed by atoms with E-state index in [0.29, 0.717) is 18.2 Å². The van der Waals surface area contributed by atoms with Gasteiger partial charge in [-0.05, 0) is 39.8 Å². The molecule has 1 aromatic rings. The predicted octanol–water partition coefficient (Wildman–Crippen LogP) is 0.719. The van der Waals surface area contributed by atoms with Crippen LogP contribution in [0.15, 0.2) is 15.8 Å². The van der Waals surface area contributed by atoms with Crippen LogP contribution in [0.3, 0.4) is 0 Å². The third-order valence-electron chi connectivity index (χ3n) is 3.81. The highest BCUT2D eigenvalue weighted by Crippen LogP contribution is 2.17. The van der Waals surface area contributed by atoms with Gasteiger partial charge in [0, 0.05) is 24.3 Å². The van der Waals surface area contributed by atoms with Gasteiger partial charge in [0.2, 0.25) is 0 Å². The number of hydrogen-bond donors (Lipinski definition) is 1. The number of hydrogen-bond acceptors (Lipinski definition) is 3. The Morgan fingerprint density at radius 3 is 2.89 bits per heavy atom. The van der Waals surface area contributed by atoms with Crippen LogP contribution < -0.4 is 11.2 Å². The van der Waals surface area contributed by atoms with Gasteiger partial charge in [0.25, 0.3) is 5.56 Å². The summed E-state index contributed by atoms with van der Waals surface area (Å²) in [6.45, 7) is 3.54. The molecule has 1 atom stereocenters. The summed E-state index contributed by atoms with van der Waals surface area (Å²) >= 11 is 0. The second-order valence-corrected chi connectivity index (χ2v) is 5.18. The van der Waals surface area contributed by atoms with Crippen LogP contribution >= 0.6 is 0 Å². The molecule has 5 heteroatoms. The van der Waals surface area contributed by atoms with E-state index in [1.54, 1.807) is 17.7 Å². The van der Waals surface area contributed by atoms with Crippen LogP contribution in [0.4, 0.5) is 0 Å². The highest BCUT2D eigenvalue weighted by atomic mass is 16.2. The molecule has 1 aliphatic heterocycles. The van der Waals surface area contributed by atoms with Crippen molar-refractivity contribution in [2.45, 2.75) is 45.2 Å². The molecule has 5 nitrogen and oxygen atoms in total. The summed E-state index contributed by atoms with van der Waals surface area (Å²) in [5.41, 5.74) is 0.00157. The van der Waals surface area contributed by atoms with E-state index in [4.69, 9.17) is 0 Å². The van der Waals surface area contributed by atoms with Crippen molar-refractivity contribution in [1.82, 2.24) is 14.5 Å². The van der Waals surface area contributed by atoms with Gasteiger partial charge in [-0.3, -0.25) is 9.78 Å². The Labute approximate surface area is 106 Å². The first-order valence-electron chi connectivity index (χ1n) is 6.58. The van der Waals surface area contributed by atoms with E-state index in [1.807, 2.05) is 0 Å². The lowest BCUT2D eigenvalue weighted by Crippen LogP contribution is -2.38. The molecule has 1 saturated heterocycles. The van der Waals surface area contributed by atoms with Crippen LogP contribution in [-0.2, 0) is 6.54 Å². The number of H-pyrrole nitrogens is 1. The summed E-state index contributed by atoms with van der Waals surface area (Å²) in [6.07, 6.45) is 6.36. The van der Waals surface area contributed by atoms with Crippen LogP contribution in [0.5, 0.6) is 0 Å². The highest BCUT2D eigenvalue weighted by Gasteiger charge is 2.18. The molecule has 0 spiro atoms. The first kappa shape index (κ1) is 13.1. The van der Waals surface area contributed by atoms with Gasteiger partial charge in [0.15, 0.2) is 0 Å². The molecule has 2 heterocycles. The number of piperidine rings is 1. The monoisotopic (exact) mass is 251 g/mol. The van der Waals surface area contributed by atoms with Crippen LogP contribution in [0.1, 0.15) is 31.2 Å². The molecule has 0 aromatic carbocycles. The molecule has 18 heavy (non-hydrogen) atoms. The number of nitrogens with one attached hydrogen (secondary N) is 1. The van der Waals surface area contributed by atoms with Gasteiger partial charge in [-0.25, -0.2) is 4.79 Å². The van der Waals surface area contributed by atoms with Crippen molar-refractivity contribution in [3.05, 3.63) is 32.6 Å². The summed E-state index contributed by atoms with van der Waals surface area (Å²) in [5, 5.41) is 0. The van der Waals surface area contributed by atoms with Gasteiger partial charge < -0.3 is 9.47 Å². The third kappa shape index (κ3) is 2.90. The van der Waals surface area contributed by atoms with Crippen molar-refractivity contribution in [2.75, 3.05) is 13.6 Å². The Morgan fingerprint density at radius 2 is 2.17 bits per heavy atom. The van der Waals surface area contributed by atoms with Gasteiger partial charge in [0.1, 0.15) is 0 Å². The fraction of sp³-hybridized carbons (Fsp3) is 0.692. The quantitative estimate of drug-likeness (QED) is 0.861. The topological polar surface area (TPSA) is 58.1 Å². The van der Waals surface area contributed by atoms with Crippen molar-refractivity contribution < 1.29 is 0 Å². The number of aryl methyl sites for hydroxylation is 2. The smallest absolute Gasteiger partial charge is 0.303 e. The minimum absolute atomic E-state index is 0.286. The van der Waals surface area contributed by atoms with Crippen LogP contribution in [0.2, 0.25) is 0 Å². The summed E-state index contributed by atoms with van der Waals surface area (Å²) < 4.78 is 1.61. The second-order valence-electron chi connectivity index (χ2n) is 5.18. The number of likely N-dealkylation sites (tertiary alicyclic amines) is 1. The van der Waals surface area contributed by atoms with Crippen LogP contribution in [-0.4, -0.2) is 34.1 Å². The maximum atomic E-state index is 11.6. The number of aromatic amines is 1. The molecule has 0 amide bonds. The summed E-state index contributed by atoms with van der Waals surface area (Å²) in [4.78, 5) is 27.6. The van der Waals surface area contributed by atoms with Gasteiger partial charge in [-0.15, -0.1) is 0 Å². The molecule has 0 aliphatic carbocycles. The molecule has 100 valence electrons. The Bertz CT molecular complexity index is 518. The average molecular weight is 251 g/mol. The Hall–Kier alpha value is -1.36. The molecule has 0 saturated carbocycles. The van der Waals surface area contributed by atoms with Gasteiger partial charge in [0.05, 0.1) is 0 Å². The van der Waals surface area contributed by atoms with E-state index in [-0.39, 0.29) is 11.2 Å². The molecule has 2 rings (SSSR count). The molecule has 1 aliphatic rings. The molecule has 1 unspecified atom stereocenters. The molecule has 0 bridgehead atoms. The second kappa shape index (κ2) is 5.52.